The van der Waals surface area contributed by atoms with Crippen LogP contribution in [0.15, 0.2) is 54.6 Å². The van der Waals surface area contributed by atoms with E-state index in [1.807, 2.05) is 12.1 Å². The van der Waals surface area contributed by atoms with Crippen molar-refractivity contribution in [1.82, 2.24) is 0 Å². The predicted molar refractivity (Wildman–Crippen MR) is 108 cm³/mol. The van der Waals surface area contributed by atoms with E-state index >= 15 is 0 Å². The molecule has 4 nitrogen and oxygen atoms in total. The van der Waals surface area contributed by atoms with Gasteiger partial charge in [0.2, 0.25) is 0 Å². The lowest BCUT2D eigenvalue weighted by Crippen LogP contribution is -2.21. The number of hydrogen-bond donors (Lipinski definition) is 1. The fourth-order valence-electron chi connectivity index (χ4n) is 2.60. The number of aromatic hydroxyl groups is 1. The maximum absolute atomic E-state index is 12.0. The van der Waals surface area contributed by atoms with Crippen molar-refractivity contribution in [3.63, 3.8) is 0 Å². The van der Waals surface area contributed by atoms with Gasteiger partial charge >= 0.3 is 0 Å². The zero-order chi connectivity index (χ0) is 18.9. The van der Waals surface area contributed by atoms with E-state index in [4.69, 9.17) is 4.74 Å². The van der Waals surface area contributed by atoms with E-state index in [1.165, 1.54) is 24.9 Å². The SMILES string of the molecule is CCN(CC)c1ccc(/C=C/C(=O)/C=C/c2ccc(O)c(OC)c2)cc1. The van der Waals surface area contributed by atoms with Crippen molar-refractivity contribution < 1.29 is 14.6 Å². The minimum Gasteiger partial charge on any atom is -0.504 e. The van der Waals surface area contributed by atoms with Crippen LogP contribution >= 0.6 is 0 Å². The molecule has 0 bridgehead atoms. The Kier molecular flexibility index (Phi) is 7.03. The van der Waals surface area contributed by atoms with Gasteiger partial charge in [0.05, 0.1) is 7.11 Å². The first kappa shape index (κ1) is 19.3. The number of phenols is 1. The van der Waals surface area contributed by atoms with Crippen LogP contribution in [0.25, 0.3) is 12.2 Å². The summed E-state index contributed by atoms with van der Waals surface area (Å²) in [5, 5.41) is 9.58. The number of carbonyl (C=O) groups excluding carboxylic acids is 1. The van der Waals surface area contributed by atoms with E-state index in [9.17, 15) is 9.90 Å². The monoisotopic (exact) mass is 351 g/mol. The number of nitrogens with zero attached hydrogens (tertiary/aromatic N) is 1. The van der Waals surface area contributed by atoms with Gasteiger partial charge in [-0.25, -0.2) is 0 Å². The number of anilines is 1. The van der Waals surface area contributed by atoms with Gasteiger partial charge in [-0.05, 0) is 61.4 Å². The summed E-state index contributed by atoms with van der Waals surface area (Å²) < 4.78 is 5.05. The van der Waals surface area contributed by atoms with E-state index in [0.717, 1.165) is 24.2 Å². The third-order valence-corrected chi connectivity index (χ3v) is 4.11. The third kappa shape index (κ3) is 5.24. The molecule has 1 N–H and O–H groups in total. The Morgan fingerprint density at radius 1 is 1.00 bits per heavy atom. The van der Waals surface area contributed by atoms with Gasteiger partial charge in [0, 0.05) is 18.8 Å². The number of methoxy groups -OCH3 is 1. The Morgan fingerprint density at radius 2 is 1.58 bits per heavy atom. The molecule has 0 saturated carbocycles. The van der Waals surface area contributed by atoms with Gasteiger partial charge in [-0.3, -0.25) is 4.79 Å². The largest absolute Gasteiger partial charge is 0.504 e. The van der Waals surface area contributed by atoms with Gasteiger partial charge in [0.25, 0.3) is 0 Å². The number of rotatable bonds is 8. The molecule has 0 saturated heterocycles. The van der Waals surface area contributed by atoms with Crippen molar-refractivity contribution in [3.8, 4) is 11.5 Å². The molecule has 0 aliphatic rings. The topological polar surface area (TPSA) is 49.8 Å². The molecule has 2 aromatic rings. The highest BCUT2D eigenvalue weighted by Gasteiger charge is 2.02. The van der Waals surface area contributed by atoms with Crippen LogP contribution in [-0.4, -0.2) is 31.1 Å². The Balaban J connectivity index is 2.00. The van der Waals surface area contributed by atoms with Gasteiger partial charge in [-0.1, -0.05) is 30.4 Å². The van der Waals surface area contributed by atoms with Crippen LogP contribution in [-0.2, 0) is 4.79 Å². The van der Waals surface area contributed by atoms with Crippen molar-refractivity contribution in [1.29, 1.82) is 0 Å². The van der Waals surface area contributed by atoms with Crippen molar-refractivity contribution in [2.75, 3.05) is 25.1 Å². The highest BCUT2D eigenvalue weighted by molar-refractivity contribution is 6.04. The quantitative estimate of drug-likeness (QED) is 0.709. The molecular weight excluding hydrogens is 326 g/mol. The van der Waals surface area contributed by atoms with Crippen LogP contribution in [0.1, 0.15) is 25.0 Å². The van der Waals surface area contributed by atoms with Crippen LogP contribution < -0.4 is 9.64 Å². The average Bonchev–Trinajstić information content (AvgIpc) is 2.67. The molecule has 0 aromatic heterocycles. The molecule has 4 heteroatoms. The van der Waals surface area contributed by atoms with E-state index in [-0.39, 0.29) is 11.5 Å². The summed E-state index contributed by atoms with van der Waals surface area (Å²) in [4.78, 5) is 14.3. The summed E-state index contributed by atoms with van der Waals surface area (Å²) >= 11 is 0. The summed E-state index contributed by atoms with van der Waals surface area (Å²) in [5.41, 5.74) is 2.94. The van der Waals surface area contributed by atoms with Crippen LogP contribution in [0, 0.1) is 0 Å². The number of hydrogen-bond acceptors (Lipinski definition) is 4. The minimum atomic E-state index is -0.107. The maximum Gasteiger partial charge on any atom is 0.178 e. The molecule has 0 atom stereocenters. The zero-order valence-electron chi connectivity index (χ0n) is 15.5. The lowest BCUT2D eigenvalue weighted by Gasteiger charge is -2.20. The van der Waals surface area contributed by atoms with Gasteiger partial charge in [0.15, 0.2) is 17.3 Å². The molecule has 0 spiro atoms. The molecule has 136 valence electrons. The van der Waals surface area contributed by atoms with Crippen LogP contribution in [0.3, 0.4) is 0 Å². The molecule has 0 unspecified atom stereocenters. The summed E-state index contributed by atoms with van der Waals surface area (Å²) in [6.45, 7) is 6.20. The van der Waals surface area contributed by atoms with Crippen LogP contribution in [0.5, 0.6) is 11.5 Å². The molecule has 0 radical (unpaired) electrons. The molecule has 0 aliphatic carbocycles. The first-order chi connectivity index (χ1) is 12.6. The normalized spacial score (nSPS) is 11.2. The third-order valence-electron chi connectivity index (χ3n) is 4.11. The van der Waals surface area contributed by atoms with Crippen LogP contribution in [0.2, 0.25) is 0 Å². The average molecular weight is 351 g/mol. The molecule has 0 fully saturated rings. The number of ether oxygens (including phenoxy) is 1. The molecule has 2 rings (SSSR count). The van der Waals surface area contributed by atoms with E-state index < -0.39 is 0 Å². The molecule has 0 amide bonds. The van der Waals surface area contributed by atoms with Crippen molar-refractivity contribution in [2.45, 2.75) is 13.8 Å². The standard InChI is InChI=1S/C22H25NO3/c1-4-23(5-2)19-11-6-17(7-12-19)8-13-20(24)14-9-18-10-15-21(25)22(16-18)26-3/h6-16,25H,4-5H2,1-3H3/b13-8+,14-9+. The number of ketones is 1. The summed E-state index contributed by atoms with van der Waals surface area (Å²) in [5.74, 6) is 0.345. The predicted octanol–water partition coefficient (Wildman–Crippen LogP) is 4.54. The molecular formula is C22H25NO3. The van der Waals surface area contributed by atoms with E-state index in [2.05, 4.69) is 30.9 Å². The zero-order valence-corrected chi connectivity index (χ0v) is 15.5. The van der Waals surface area contributed by atoms with E-state index in [1.54, 1.807) is 30.4 Å². The summed E-state index contributed by atoms with van der Waals surface area (Å²) in [6, 6.07) is 13.1. The number of allylic oxidation sites excluding steroid dienone is 2. The van der Waals surface area contributed by atoms with Gasteiger partial charge in [-0.2, -0.15) is 0 Å². The van der Waals surface area contributed by atoms with Gasteiger partial charge in [0.1, 0.15) is 0 Å². The first-order valence-corrected chi connectivity index (χ1v) is 8.69. The number of phenolic OH excluding ortho intramolecular Hbond substituents is 1. The fraction of sp³-hybridized carbons (Fsp3) is 0.227. The second-order valence-electron chi connectivity index (χ2n) is 5.76. The Bertz CT molecular complexity index is 788. The Hall–Kier alpha value is -3.01. The van der Waals surface area contributed by atoms with E-state index in [0.29, 0.717) is 5.75 Å². The second kappa shape index (κ2) is 9.47. The van der Waals surface area contributed by atoms with Gasteiger partial charge in [-0.15, -0.1) is 0 Å². The Morgan fingerprint density at radius 3 is 2.15 bits per heavy atom. The smallest absolute Gasteiger partial charge is 0.178 e. The molecule has 2 aromatic carbocycles. The maximum atomic E-state index is 12.0. The first-order valence-electron chi connectivity index (χ1n) is 8.69. The summed E-state index contributed by atoms with van der Waals surface area (Å²) in [7, 11) is 1.49. The highest BCUT2D eigenvalue weighted by Crippen LogP contribution is 2.26. The molecule has 0 aliphatic heterocycles. The fourth-order valence-corrected chi connectivity index (χ4v) is 2.60. The van der Waals surface area contributed by atoms with Crippen LogP contribution in [0.4, 0.5) is 5.69 Å². The van der Waals surface area contributed by atoms with Crippen molar-refractivity contribution in [3.05, 3.63) is 65.7 Å². The summed E-state index contributed by atoms with van der Waals surface area (Å²) in [6.07, 6.45) is 6.53. The van der Waals surface area contributed by atoms with Gasteiger partial charge < -0.3 is 14.7 Å². The Labute approximate surface area is 155 Å². The lowest BCUT2D eigenvalue weighted by molar-refractivity contribution is -0.110. The highest BCUT2D eigenvalue weighted by atomic mass is 16.5. The second-order valence-corrected chi connectivity index (χ2v) is 5.76. The number of carbonyl (C=O) groups is 1. The minimum absolute atomic E-state index is 0.0732. The molecule has 26 heavy (non-hydrogen) atoms. The molecule has 0 heterocycles. The number of benzene rings is 2. The lowest BCUT2D eigenvalue weighted by atomic mass is 10.1. The van der Waals surface area contributed by atoms with Crippen molar-refractivity contribution in [2.24, 2.45) is 0 Å². The van der Waals surface area contributed by atoms with Crippen molar-refractivity contribution >= 4 is 23.6 Å².